The molecule has 0 amide bonds. The molecule has 4 fully saturated rings. The Hall–Kier alpha value is -0.360. The van der Waals surface area contributed by atoms with Crippen molar-refractivity contribution in [2.45, 2.75) is 99.6 Å². The summed E-state index contributed by atoms with van der Waals surface area (Å²) < 4.78 is 29.7. The standard InChI is InChI=1S/C19H35N3O6/c20-11-6-13(21)18(14(7-11)26-17-5-4-12(8-23)25-17)28-16-3-1-2-15(27-16)19(22)9-24-10-19/h11-18,23H,1-10,20-22H2/t11?,12?,13?,14?,15?,16-,17?,18-/m1/s1. The normalized spacial score (nSPS) is 46.3. The zero-order chi connectivity index (χ0) is 19.7. The highest BCUT2D eigenvalue weighted by Gasteiger charge is 2.47. The summed E-state index contributed by atoms with van der Waals surface area (Å²) in [7, 11) is 0. The van der Waals surface area contributed by atoms with Crippen molar-refractivity contribution in [1.82, 2.24) is 0 Å². The molecule has 1 aliphatic carbocycles. The third-order valence-corrected chi connectivity index (χ3v) is 6.41. The minimum atomic E-state index is -0.411. The molecule has 0 aromatic rings. The van der Waals surface area contributed by atoms with Crippen LogP contribution in [0.5, 0.6) is 0 Å². The number of hydrogen-bond donors (Lipinski definition) is 4. The third-order valence-electron chi connectivity index (χ3n) is 6.41. The van der Waals surface area contributed by atoms with Crippen LogP contribution in [0.2, 0.25) is 0 Å². The van der Waals surface area contributed by atoms with Crippen LogP contribution < -0.4 is 17.2 Å². The Balaban J connectivity index is 1.37. The highest BCUT2D eigenvalue weighted by Crippen LogP contribution is 2.34. The number of rotatable bonds is 6. The van der Waals surface area contributed by atoms with E-state index in [-0.39, 0.29) is 55.7 Å². The van der Waals surface area contributed by atoms with Crippen molar-refractivity contribution in [3.63, 3.8) is 0 Å². The predicted molar refractivity (Wildman–Crippen MR) is 100 cm³/mol. The van der Waals surface area contributed by atoms with Gasteiger partial charge in [-0.25, -0.2) is 0 Å². The summed E-state index contributed by atoms with van der Waals surface area (Å²) in [4.78, 5) is 0. The van der Waals surface area contributed by atoms with Crippen LogP contribution in [0.4, 0.5) is 0 Å². The van der Waals surface area contributed by atoms with Gasteiger partial charge < -0.3 is 46.0 Å². The van der Waals surface area contributed by atoms with E-state index in [1.165, 1.54) is 0 Å². The molecule has 0 aromatic heterocycles. The zero-order valence-electron chi connectivity index (χ0n) is 16.4. The highest BCUT2D eigenvalue weighted by atomic mass is 16.7. The minimum absolute atomic E-state index is 0.00530. The molecule has 4 aliphatic rings. The second-order valence-electron chi connectivity index (χ2n) is 8.83. The fourth-order valence-corrected chi connectivity index (χ4v) is 4.72. The van der Waals surface area contributed by atoms with E-state index in [9.17, 15) is 5.11 Å². The molecule has 0 aromatic carbocycles. The maximum absolute atomic E-state index is 9.28. The summed E-state index contributed by atoms with van der Waals surface area (Å²) in [6.45, 7) is 1.06. The average Bonchev–Trinajstić information content (AvgIpc) is 3.10. The van der Waals surface area contributed by atoms with Gasteiger partial charge in [0.15, 0.2) is 12.6 Å². The van der Waals surface area contributed by atoms with Gasteiger partial charge in [0.25, 0.3) is 0 Å². The SMILES string of the molecule is NC1CC(N)[C@@H](O[C@@H]2CCCC(C3(N)COC3)O2)C(OC2CCC(CO)O2)C1. The van der Waals surface area contributed by atoms with E-state index in [2.05, 4.69) is 0 Å². The monoisotopic (exact) mass is 401 g/mol. The van der Waals surface area contributed by atoms with Crippen LogP contribution in [-0.4, -0.2) is 79.5 Å². The number of aliphatic hydroxyl groups is 1. The van der Waals surface area contributed by atoms with Gasteiger partial charge in [0.2, 0.25) is 0 Å². The Kier molecular flexibility index (Phi) is 6.56. The van der Waals surface area contributed by atoms with Gasteiger partial charge in [0.05, 0.1) is 43.7 Å². The molecular weight excluding hydrogens is 366 g/mol. The summed E-state index contributed by atoms with van der Waals surface area (Å²) >= 11 is 0. The molecule has 162 valence electrons. The first-order chi connectivity index (χ1) is 13.5. The molecule has 0 radical (unpaired) electrons. The van der Waals surface area contributed by atoms with Crippen molar-refractivity contribution in [2.75, 3.05) is 19.8 Å². The van der Waals surface area contributed by atoms with E-state index in [1.54, 1.807) is 0 Å². The van der Waals surface area contributed by atoms with Gasteiger partial charge in [0, 0.05) is 18.5 Å². The molecule has 3 heterocycles. The molecule has 0 bridgehead atoms. The van der Waals surface area contributed by atoms with Gasteiger partial charge in [-0.3, -0.25) is 0 Å². The van der Waals surface area contributed by atoms with Crippen LogP contribution in [0.25, 0.3) is 0 Å². The predicted octanol–water partition coefficient (Wildman–Crippen LogP) is -0.674. The Bertz CT molecular complexity index is 522. The summed E-state index contributed by atoms with van der Waals surface area (Å²) in [5.41, 5.74) is 18.5. The fraction of sp³-hybridized carbons (Fsp3) is 1.00. The van der Waals surface area contributed by atoms with Gasteiger partial charge in [-0.1, -0.05) is 0 Å². The summed E-state index contributed by atoms with van der Waals surface area (Å²) in [6, 6.07) is -0.263. The largest absolute Gasteiger partial charge is 0.394 e. The molecule has 7 N–H and O–H groups in total. The van der Waals surface area contributed by atoms with Gasteiger partial charge in [0.1, 0.15) is 6.10 Å². The number of aliphatic hydroxyl groups excluding tert-OH is 1. The molecule has 0 spiro atoms. The average molecular weight is 402 g/mol. The van der Waals surface area contributed by atoms with Crippen LogP contribution in [0.1, 0.15) is 44.9 Å². The first-order valence-corrected chi connectivity index (χ1v) is 10.6. The Morgan fingerprint density at radius 2 is 1.75 bits per heavy atom. The van der Waals surface area contributed by atoms with Gasteiger partial charge in [-0.05, 0) is 38.5 Å². The molecule has 4 rings (SSSR count). The van der Waals surface area contributed by atoms with Crippen LogP contribution >= 0.6 is 0 Å². The van der Waals surface area contributed by atoms with Crippen molar-refractivity contribution in [1.29, 1.82) is 0 Å². The van der Waals surface area contributed by atoms with Crippen molar-refractivity contribution < 1.29 is 28.8 Å². The lowest BCUT2D eigenvalue weighted by Crippen LogP contribution is -2.67. The van der Waals surface area contributed by atoms with Crippen molar-refractivity contribution in [3.8, 4) is 0 Å². The molecule has 28 heavy (non-hydrogen) atoms. The number of hydrogen-bond acceptors (Lipinski definition) is 9. The third kappa shape index (κ3) is 4.53. The molecular formula is C19H35N3O6. The Labute approximate surface area is 166 Å². The molecule has 9 heteroatoms. The Morgan fingerprint density at radius 3 is 2.43 bits per heavy atom. The van der Waals surface area contributed by atoms with Crippen LogP contribution in [0, 0.1) is 0 Å². The molecule has 6 unspecified atom stereocenters. The lowest BCUT2D eigenvalue weighted by molar-refractivity contribution is -0.279. The minimum Gasteiger partial charge on any atom is -0.394 e. The summed E-state index contributed by atoms with van der Waals surface area (Å²) in [5, 5.41) is 9.28. The Morgan fingerprint density at radius 1 is 0.964 bits per heavy atom. The lowest BCUT2D eigenvalue weighted by atomic mass is 9.86. The lowest BCUT2D eigenvalue weighted by Gasteiger charge is -2.48. The van der Waals surface area contributed by atoms with E-state index in [4.69, 9.17) is 40.9 Å². The molecule has 9 nitrogen and oxygen atoms in total. The van der Waals surface area contributed by atoms with E-state index in [0.717, 1.165) is 32.1 Å². The maximum atomic E-state index is 9.28. The van der Waals surface area contributed by atoms with Crippen molar-refractivity contribution >= 4 is 0 Å². The van der Waals surface area contributed by atoms with Crippen LogP contribution in [0.3, 0.4) is 0 Å². The molecule has 8 atom stereocenters. The fourth-order valence-electron chi connectivity index (χ4n) is 4.72. The van der Waals surface area contributed by atoms with E-state index in [1.807, 2.05) is 0 Å². The summed E-state index contributed by atoms with van der Waals surface area (Å²) in [5.74, 6) is 0. The number of ether oxygens (including phenoxy) is 5. The van der Waals surface area contributed by atoms with Gasteiger partial charge in [-0.15, -0.1) is 0 Å². The molecule has 3 aliphatic heterocycles. The quantitative estimate of drug-likeness (QED) is 0.455. The van der Waals surface area contributed by atoms with E-state index in [0.29, 0.717) is 26.1 Å². The topological polar surface area (TPSA) is 144 Å². The number of nitrogens with two attached hydrogens (primary N) is 3. The first kappa shape index (κ1) is 20.9. The van der Waals surface area contributed by atoms with Crippen molar-refractivity contribution in [3.05, 3.63) is 0 Å². The van der Waals surface area contributed by atoms with Gasteiger partial charge >= 0.3 is 0 Å². The zero-order valence-corrected chi connectivity index (χ0v) is 16.4. The molecule has 3 saturated heterocycles. The molecule has 1 saturated carbocycles. The van der Waals surface area contributed by atoms with E-state index >= 15 is 0 Å². The van der Waals surface area contributed by atoms with Gasteiger partial charge in [-0.2, -0.15) is 0 Å². The second-order valence-corrected chi connectivity index (χ2v) is 8.83. The van der Waals surface area contributed by atoms with Crippen LogP contribution in [-0.2, 0) is 23.7 Å². The van der Waals surface area contributed by atoms with E-state index < -0.39 is 5.54 Å². The summed E-state index contributed by atoms with van der Waals surface area (Å²) in [6.07, 6.45) is 4.07. The van der Waals surface area contributed by atoms with Crippen LogP contribution in [0.15, 0.2) is 0 Å². The second kappa shape index (κ2) is 8.79. The smallest absolute Gasteiger partial charge is 0.158 e. The van der Waals surface area contributed by atoms with Crippen molar-refractivity contribution in [2.24, 2.45) is 17.2 Å². The highest BCUT2D eigenvalue weighted by molar-refractivity contribution is 5.00. The first-order valence-electron chi connectivity index (χ1n) is 10.6. The maximum Gasteiger partial charge on any atom is 0.158 e.